The van der Waals surface area contributed by atoms with Crippen molar-refractivity contribution >= 4 is 23.4 Å². The number of amides is 1. The third-order valence-electron chi connectivity index (χ3n) is 9.88. The van der Waals surface area contributed by atoms with Gasteiger partial charge in [0, 0.05) is 55.1 Å². The Balaban J connectivity index is 1.08. The SMILES string of the molecule is O=C1CN(CCc2cncn2C(CCCO)c2cccc(F)c2)CCN1c1cccc(SC(c2ccccc2)(c2ccccc2)c2ccccc2)c1. The van der Waals surface area contributed by atoms with Gasteiger partial charge in [-0.1, -0.05) is 109 Å². The minimum Gasteiger partial charge on any atom is -0.396 e. The second kappa shape index (κ2) is 16.5. The van der Waals surface area contributed by atoms with Gasteiger partial charge in [0.05, 0.1) is 23.7 Å². The predicted octanol–water partition coefficient (Wildman–Crippen LogP) is 8.36. The number of hydrogen-bond donors (Lipinski definition) is 1. The van der Waals surface area contributed by atoms with Crippen LogP contribution in [0.1, 0.15) is 46.8 Å². The molecule has 1 aliphatic heterocycles. The minimum atomic E-state index is -0.511. The summed E-state index contributed by atoms with van der Waals surface area (Å²) in [5.74, 6) is -0.209. The van der Waals surface area contributed by atoms with Crippen LogP contribution in [0.15, 0.2) is 157 Å². The van der Waals surface area contributed by atoms with Crippen LogP contribution in [0.4, 0.5) is 10.1 Å². The second-order valence-corrected chi connectivity index (χ2v) is 14.5. The van der Waals surface area contributed by atoms with Crippen molar-refractivity contribution in [3.63, 3.8) is 0 Å². The number of aliphatic hydroxyl groups excluding tert-OH is 1. The maximum Gasteiger partial charge on any atom is 0.241 e. The molecule has 1 unspecified atom stereocenters. The van der Waals surface area contributed by atoms with Crippen molar-refractivity contribution in [3.05, 3.63) is 186 Å². The summed E-state index contributed by atoms with van der Waals surface area (Å²) in [5.41, 5.74) is 6.33. The highest BCUT2D eigenvalue weighted by Crippen LogP contribution is 2.52. The number of aliphatic hydroxyl groups is 1. The average Bonchev–Trinajstić information content (AvgIpc) is 3.66. The zero-order valence-electron chi connectivity index (χ0n) is 29.1. The fourth-order valence-corrected chi connectivity index (χ4v) is 8.76. The van der Waals surface area contributed by atoms with Crippen molar-refractivity contribution in [2.45, 2.75) is 34.9 Å². The van der Waals surface area contributed by atoms with Crippen LogP contribution in [0.25, 0.3) is 0 Å². The van der Waals surface area contributed by atoms with Crippen LogP contribution >= 0.6 is 11.8 Å². The summed E-state index contributed by atoms with van der Waals surface area (Å²) < 4.78 is 15.7. The average molecular weight is 711 g/mol. The van der Waals surface area contributed by atoms with E-state index >= 15 is 0 Å². The molecule has 5 aromatic carbocycles. The summed E-state index contributed by atoms with van der Waals surface area (Å²) in [6.45, 7) is 2.43. The summed E-state index contributed by atoms with van der Waals surface area (Å²) >= 11 is 1.80. The van der Waals surface area contributed by atoms with E-state index in [0.717, 1.165) is 28.4 Å². The third kappa shape index (κ3) is 7.75. The molecule has 6 aromatic rings. The van der Waals surface area contributed by atoms with Gasteiger partial charge in [0.2, 0.25) is 5.91 Å². The summed E-state index contributed by atoms with van der Waals surface area (Å²) in [4.78, 5) is 23.4. The number of halogens is 1. The molecule has 6 nitrogen and oxygen atoms in total. The number of aromatic nitrogens is 2. The van der Waals surface area contributed by atoms with E-state index in [2.05, 4.69) is 124 Å². The van der Waals surface area contributed by atoms with Crippen molar-refractivity contribution in [2.24, 2.45) is 0 Å². The standard InChI is InChI=1S/C44H43FN4O2S/c45-38-20-10-13-34(29-38)42(23-12-28-50)49-33-46-31-40(49)24-25-47-26-27-48(43(51)32-47)39-21-11-22-41(30-39)52-44(35-14-4-1-5-15-35,36-16-6-2-7-17-36)37-18-8-3-9-19-37/h1-11,13-22,29-31,33,42,50H,12,23-28,32H2. The third-order valence-corrected chi connectivity index (χ3v) is 11.4. The van der Waals surface area contributed by atoms with E-state index in [1.807, 2.05) is 23.2 Å². The quantitative estimate of drug-likeness (QED) is 0.0910. The van der Waals surface area contributed by atoms with Gasteiger partial charge in [-0.3, -0.25) is 9.69 Å². The monoisotopic (exact) mass is 710 g/mol. The maximum atomic E-state index is 14.2. The Morgan fingerprint density at radius 3 is 2.06 bits per heavy atom. The van der Waals surface area contributed by atoms with Gasteiger partial charge in [-0.15, -0.1) is 11.8 Å². The van der Waals surface area contributed by atoms with Crippen molar-refractivity contribution in [3.8, 4) is 0 Å². The molecule has 264 valence electrons. The first-order valence-corrected chi connectivity index (χ1v) is 18.7. The van der Waals surface area contributed by atoms with Gasteiger partial charge < -0.3 is 14.6 Å². The number of thioether (sulfide) groups is 1. The number of carbonyl (C=O) groups is 1. The molecule has 7 rings (SSSR count). The van der Waals surface area contributed by atoms with E-state index in [1.54, 1.807) is 30.2 Å². The summed E-state index contributed by atoms with van der Waals surface area (Å²) in [6, 6.07) is 46.8. The molecule has 0 spiro atoms. The van der Waals surface area contributed by atoms with Crippen molar-refractivity contribution in [2.75, 3.05) is 37.7 Å². The van der Waals surface area contributed by atoms with Gasteiger partial charge in [0.15, 0.2) is 0 Å². The Kier molecular flexibility index (Phi) is 11.3. The lowest BCUT2D eigenvalue weighted by Crippen LogP contribution is -2.51. The molecular weight excluding hydrogens is 668 g/mol. The molecule has 1 atom stereocenters. The lowest BCUT2D eigenvalue weighted by atomic mass is 9.84. The van der Waals surface area contributed by atoms with Crippen molar-refractivity contribution in [1.29, 1.82) is 0 Å². The molecule has 2 heterocycles. The molecule has 0 saturated carbocycles. The molecule has 1 saturated heterocycles. The normalized spacial score (nSPS) is 14.4. The van der Waals surface area contributed by atoms with E-state index in [1.165, 1.54) is 22.8 Å². The smallest absolute Gasteiger partial charge is 0.241 e. The lowest BCUT2D eigenvalue weighted by molar-refractivity contribution is -0.121. The molecule has 1 fully saturated rings. The highest BCUT2D eigenvalue weighted by Gasteiger charge is 2.38. The Morgan fingerprint density at radius 2 is 1.44 bits per heavy atom. The molecule has 52 heavy (non-hydrogen) atoms. The van der Waals surface area contributed by atoms with Gasteiger partial charge in [-0.2, -0.15) is 0 Å². The Morgan fingerprint density at radius 1 is 0.788 bits per heavy atom. The van der Waals surface area contributed by atoms with Crippen LogP contribution in [0.5, 0.6) is 0 Å². The largest absolute Gasteiger partial charge is 0.396 e. The predicted molar refractivity (Wildman–Crippen MR) is 207 cm³/mol. The summed E-state index contributed by atoms with van der Waals surface area (Å²) in [6.07, 6.45) is 5.61. The first-order valence-electron chi connectivity index (χ1n) is 17.9. The van der Waals surface area contributed by atoms with Gasteiger partial charge in [0.25, 0.3) is 0 Å². The van der Waals surface area contributed by atoms with Crippen LogP contribution in [-0.4, -0.2) is 58.3 Å². The first kappa shape index (κ1) is 35.4. The first-order chi connectivity index (χ1) is 25.5. The van der Waals surface area contributed by atoms with Crippen LogP contribution in [0.3, 0.4) is 0 Å². The van der Waals surface area contributed by atoms with E-state index in [4.69, 9.17) is 0 Å². The fraction of sp³-hybridized carbons (Fsp3) is 0.227. The van der Waals surface area contributed by atoms with Crippen LogP contribution in [-0.2, 0) is 16.0 Å². The zero-order chi connectivity index (χ0) is 35.8. The molecule has 1 N–H and O–H groups in total. The van der Waals surface area contributed by atoms with E-state index in [9.17, 15) is 14.3 Å². The number of nitrogens with zero attached hydrogens (tertiary/aromatic N) is 4. The Labute approximate surface area is 309 Å². The lowest BCUT2D eigenvalue weighted by Gasteiger charge is -2.36. The number of hydrogen-bond acceptors (Lipinski definition) is 5. The number of rotatable bonds is 14. The molecule has 0 radical (unpaired) electrons. The van der Waals surface area contributed by atoms with Gasteiger partial charge in [-0.25, -0.2) is 9.37 Å². The topological polar surface area (TPSA) is 61.6 Å². The number of piperazine rings is 1. The molecular formula is C44H43FN4O2S. The molecule has 0 bridgehead atoms. The zero-order valence-corrected chi connectivity index (χ0v) is 29.9. The molecule has 1 aliphatic rings. The van der Waals surface area contributed by atoms with Crippen LogP contribution < -0.4 is 4.90 Å². The number of anilines is 1. The fourth-order valence-electron chi connectivity index (χ4n) is 7.32. The second-order valence-electron chi connectivity index (χ2n) is 13.2. The molecule has 8 heteroatoms. The number of carbonyl (C=O) groups excluding carboxylic acids is 1. The van der Waals surface area contributed by atoms with E-state index in [0.29, 0.717) is 38.9 Å². The van der Waals surface area contributed by atoms with Crippen LogP contribution in [0.2, 0.25) is 0 Å². The number of imidazole rings is 1. The highest BCUT2D eigenvalue weighted by molar-refractivity contribution is 8.00. The van der Waals surface area contributed by atoms with Crippen molar-refractivity contribution < 1.29 is 14.3 Å². The Hall–Kier alpha value is -5.02. The minimum absolute atomic E-state index is 0.0672. The molecule has 1 aromatic heterocycles. The highest BCUT2D eigenvalue weighted by atomic mass is 32.2. The molecule has 1 amide bonds. The molecule has 0 aliphatic carbocycles. The van der Waals surface area contributed by atoms with E-state index < -0.39 is 4.75 Å². The maximum absolute atomic E-state index is 14.2. The van der Waals surface area contributed by atoms with E-state index in [-0.39, 0.29) is 24.4 Å². The summed E-state index contributed by atoms with van der Waals surface area (Å²) in [5, 5.41) is 9.55. The van der Waals surface area contributed by atoms with Crippen LogP contribution in [0, 0.1) is 5.82 Å². The van der Waals surface area contributed by atoms with Gasteiger partial charge >= 0.3 is 0 Å². The van der Waals surface area contributed by atoms with Gasteiger partial charge in [0.1, 0.15) is 5.82 Å². The van der Waals surface area contributed by atoms with Gasteiger partial charge in [-0.05, 0) is 65.4 Å². The summed E-state index contributed by atoms with van der Waals surface area (Å²) in [7, 11) is 0. The number of benzene rings is 5. The Bertz CT molecular complexity index is 1960. The van der Waals surface area contributed by atoms with Crippen molar-refractivity contribution in [1.82, 2.24) is 14.5 Å².